The van der Waals surface area contributed by atoms with Crippen LogP contribution < -0.4 is 9.92 Å². The van der Waals surface area contributed by atoms with Crippen LogP contribution in [0.1, 0.15) is 0 Å². The number of nitrogens with two attached hydrogens (primary N) is 1. The molecule has 4 nitrogen and oxygen atoms in total. The second-order valence-electron chi connectivity index (χ2n) is 3.42. The first-order valence-corrected chi connectivity index (χ1v) is 6.34. The van der Waals surface area contributed by atoms with E-state index in [1.165, 1.54) is 24.3 Å². The fraction of sp³-hybridized carbons (Fsp3) is 0. The number of nitrogen functional groups attached to an aromatic ring is 1. The minimum absolute atomic E-state index is 0.0792. The molecule has 0 radical (unpaired) electrons. The van der Waals surface area contributed by atoms with Gasteiger partial charge in [0.05, 0.1) is 0 Å². The Morgan fingerprint density at radius 1 is 0.882 bits per heavy atom. The lowest BCUT2D eigenvalue weighted by molar-refractivity contribution is 0.486. The zero-order chi connectivity index (χ0) is 12.3. The Kier molecular flexibility index (Phi) is 3.01. The molecule has 0 amide bonds. The summed E-state index contributed by atoms with van der Waals surface area (Å²) >= 11 is 0. The Morgan fingerprint density at radius 3 is 2.06 bits per heavy atom. The summed E-state index contributed by atoms with van der Waals surface area (Å²) < 4.78 is 28.7. The largest absolute Gasteiger partial charge is 0.399 e. The normalized spacial score (nSPS) is 11.1. The van der Waals surface area contributed by atoms with E-state index in [0.717, 1.165) is 0 Å². The highest BCUT2D eigenvalue weighted by molar-refractivity contribution is 7.87. The van der Waals surface area contributed by atoms with E-state index in [0.29, 0.717) is 5.69 Å². The van der Waals surface area contributed by atoms with Crippen LogP contribution in [0.25, 0.3) is 0 Å². The zero-order valence-corrected chi connectivity index (χ0v) is 9.72. The van der Waals surface area contributed by atoms with Gasteiger partial charge >= 0.3 is 10.1 Å². The maximum Gasteiger partial charge on any atom is 0.339 e. The van der Waals surface area contributed by atoms with E-state index in [-0.39, 0.29) is 10.6 Å². The van der Waals surface area contributed by atoms with Crippen LogP contribution in [-0.4, -0.2) is 8.42 Å². The predicted octanol–water partition coefficient (Wildman–Crippen LogP) is 2.04. The summed E-state index contributed by atoms with van der Waals surface area (Å²) in [6.45, 7) is 0. The highest BCUT2D eigenvalue weighted by Crippen LogP contribution is 2.18. The van der Waals surface area contributed by atoms with Gasteiger partial charge in [0.2, 0.25) is 0 Å². The minimum atomic E-state index is -3.79. The van der Waals surface area contributed by atoms with Gasteiger partial charge in [0.15, 0.2) is 0 Å². The summed E-state index contributed by atoms with van der Waals surface area (Å²) in [6, 6.07) is 14.2. The van der Waals surface area contributed by atoms with E-state index in [9.17, 15) is 8.42 Å². The van der Waals surface area contributed by atoms with Gasteiger partial charge in [-0.2, -0.15) is 8.42 Å². The molecule has 0 aliphatic carbocycles. The standard InChI is InChI=1S/C12H11NO3S/c13-10-6-8-12(9-7-10)17(14,15)16-11-4-2-1-3-5-11/h1-9H,13H2. The molecule has 0 atom stereocenters. The number of rotatable bonds is 3. The maximum absolute atomic E-state index is 11.8. The second-order valence-corrected chi connectivity index (χ2v) is 4.97. The molecule has 2 rings (SSSR count). The molecule has 2 aromatic carbocycles. The van der Waals surface area contributed by atoms with Crippen LogP contribution in [0.4, 0.5) is 5.69 Å². The van der Waals surface area contributed by atoms with Gasteiger partial charge < -0.3 is 9.92 Å². The van der Waals surface area contributed by atoms with E-state index < -0.39 is 10.1 Å². The van der Waals surface area contributed by atoms with Gasteiger partial charge in [-0.25, -0.2) is 0 Å². The van der Waals surface area contributed by atoms with Crippen molar-refractivity contribution >= 4 is 15.8 Å². The second kappa shape index (κ2) is 4.47. The van der Waals surface area contributed by atoms with E-state index in [1.807, 2.05) is 0 Å². The monoisotopic (exact) mass is 249 g/mol. The molecule has 2 N–H and O–H groups in total. The molecular weight excluding hydrogens is 238 g/mol. The molecule has 2 aromatic rings. The van der Waals surface area contributed by atoms with Gasteiger partial charge in [-0.3, -0.25) is 0 Å². The molecule has 0 fully saturated rings. The topological polar surface area (TPSA) is 69.4 Å². The van der Waals surface area contributed by atoms with Gasteiger partial charge in [0, 0.05) is 5.69 Å². The quantitative estimate of drug-likeness (QED) is 0.667. The fourth-order valence-electron chi connectivity index (χ4n) is 1.29. The van der Waals surface area contributed by atoms with Crippen molar-refractivity contribution in [2.24, 2.45) is 0 Å². The summed E-state index contributed by atoms with van der Waals surface area (Å²) in [5.74, 6) is 0.282. The van der Waals surface area contributed by atoms with Crippen molar-refractivity contribution < 1.29 is 12.6 Å². The SMILES string of the molecule is Nc1ccc(S(=O)(=O)Oc2ccccc2)cc1. The van der Waals surface area contributed by atoms with Crippen molar-refractivity contribution in [3.8, 4) is 5.75 Å². The third kappa shape index (κ3) is 2.76. The van der Waals surface area contributed by atoms with E-state index in [4.69, 9.17) is 9.92 Å². The Hall–Kier alpha value is -2.01. The lowest BCUT2D eigenvalue weighted by Crippen LogP contribution is -2.09. The molecule has 0 heterocycles. The minimum Gasteiger partial charge on any atom is -0.399 e. The average molecular weight is 249 g/mol. The van der Waals surface area contributed by atoms with Gasteiger partial charge in [-0.15, -0.1) is 0 Å². The van der Waals surface area contributed by atoms with Crippen molar-refractivity contribution in [3.63, 3.8) is 0 Å². The number of para-hydroxylation sites is 1. The fourth-order valence-corrected chi connectivity index (χ4v) is 2.22. The third-order valence-corrected chi connectivity index (χ3v) is 3.38. The van der Waals surface area contributed by atoms with Crippen LogP contribution in [0.15, 0.2) is 59.5 Å². The first kappa shape index (κ1) is 11.5. The van der Waals surface area contributed by atoms with Crippen molar-refractivity contribution in [1.29, 1.82) is 0 Å². The molecule has 0 bridgehead atoms. The molecule has 0 saturated carbocycles. The van der Waals surface area contributed by atoms with Crippen LogP contribution in [-0.2, 0) is 10.1 Å². The molecule has 0 unspecified atom stereocenters. The maximum atomic E-state index is 11.8. The number of benzene rings is 2. The first-order valence-electron chi connectivity index (χ1n) is 4.93. The van der Waals surface area contributed by atoms with Crippen LogP contribution in [0, 0.1) is 0 Å². The molecule has 0 aliphatic rings. The Bertz CT molecular complexity index is 591. The summed E-state index contributed by atoms with van der Waals surface area (Å²) in [5, 5.41) is 0. The molecule has 5 heteroatoms. The number of hydrogen-bond acceptors (Lipinski definition) is 4. The van der Waals surface area contributed by atoms with Gasteiger partial charge in [0.1, 0.15) is 10.6 Å². The molecule has 17 heavy (non-hydrogen) atoms. The highest BCUT2D eigenvalue weighted by atomic mass is 32.2. The summed E-state index contributed by atoms with van der Waals surface area (Å²) in [4.78, 5) is 0.0792. The van der Waals surface area contributed by atoms with Crippen molar-refractivity contribution in [2.45, 2.75) is 4.90 Å². The van der Waals surface area contributed by atoms with Crippen LogP contribution in [0.5, 0.6) is 5.75 Å². The van der Waals surface area contributed by atoms with Crippen molar-refractivity contribution in [2.75, 3.05) is 5.73 Å². The van der Waals surface area contributed by atoms with E-state index in [2.05, 4.69) is 0 Å². The summed E-state index contributed by atoms with van der Waals surface area (Å²) in [7, 11) is -3.79. The van der Waals surface area contributed by atoms with Crippen molar-refractivity contribution in [1.82, 2.24) is 0 Å². The predicted molar refractivity (Wildman–Crippen MR) is 65.1 cm³/mol. The van der Waals surface area contributed by atoms with Gasteiger partial charge in [-0.05, 0) is 36.4 Å². The first-order chi connectivity index (χ1) is 8.08. The van der Waals surface area contributed by atoms with E-state index >= 15 is 0 Å². The molecule has 0 aromatic heterocycles. The zero-order valence-electron chi connectivity index (χ0n) is 8.91. The van der Waals surface area contributed by atoms with Crippen LogP contribution in [0.3, 0.4) is 0 Å². The third-order valence-electron chi connectivity index (χ3n) is 2.12. The lowest BCUT2D eigenvalue weighted by atomic mass is 10.3. The van der Waals surface area contributed by atoms with Gasteiger partial charge in [0.25, 0.3) is 0 Å². The summed E-state index contributed by atoms with van der Waals surface area (Å²) in [6.07, 6.45) is 0. The van der Waals surface area contributed by atoms with Gasteiger partial charge in [-0.1, -0.05) is 18.2 Å². The van der Waals surface area contributed by atoms with Crippen LogP contribution >= 0.6 is 0 Å². The molecule has 88 valence electrons. The summed E-state index contributed by atoms with van der Waals surface area (Å²) in [5.41, 5.74) is 5.99. The number of anilines is 1. The van der Waals surface area contributed by atoms with E-state index in [1.54, 1.807) is 30.3 Å². The smallest absolute Gasteiger partial charge is 0.339 e. The molecule has 0 spiro atoms. The van der Waals surface area contributed by atoms with Crippen molar-refractivity contribution in [3.05, 3.63) is 54.6 Å². The number of hydrogen-bond donors (Lipinski definition) is 1. The Balaban J connectivity index is 2.29. The average Bonchev–Trinajstić information content (AvgIpc) is 2.30. The molecule has 0 saturated heterocycles. The highest BCUT2D eigenvalue weighted by Gasteiger charge is 2.15. The Morgan fingerprint density at radius 2 is 1.47 bits per heavy atom. The molecule has 0 aliphatic heterocycles. The Labute approximate surface area is 99.8 Å². The molecular formula is C12H11NO3S. The lowest BCUT2D eigenvalue weighted by Gasteiger charge is -2.06. The van der Waals surface area contributed by atoms with Crippen LogP contribution in [0.2, 0.25) is 0 Å².